The van der Waals surface area contributed by atoms with Crippen LogP contribution in [0.3, 0.4) is 0 Å². The Morgan fingerprint density at radius 2 is 1.28 bits per heavy atom. The van der Waals surface area contributed by atoms with E-state index in [1.165, 1.54) is 4.90 Å². The quantitative estimate of drug-likeness (QED) is 0.625. The minimum atomic E-state index is -0.846. The van der Waals surface area contributed by atoms with E-state index in [0.717, 1.165) is 29.5 Å². The van der Waals surface area contributed by atoms with Crippen LogP contribution in [0.25, 0.3) is 0 Å². The van der Waals surface area contributed by atoms with Crippen LogP contribution in [0.4, 0.5) is 4.79 Å². The summed E-state index contributed by atoms with van der Waals surface area (Å²) >= 11 is 0. The smallest absolute Gasteiger partial charge is 0.407 e. The molecule has 4 heteroatoms. The Hall–Kier alpha value is -3.11. The van der Waals surface area contributed by atoms with Gasteiger partial charge in [-0.05, 0) is 29.5 Å². The van der Waals surface area contributed by atoms with E-state index in [0.29, 0.717) is 13.1 Å². The highest BCUT2D eigenvalue weighted by atomic mass is 16.4. The van der Waals surface area contributed by atoms with Gasteiger partial charge in [0.25, 0.3) is 0 Å². The van der Waals surface area contributed by atoms with Crippen molar-refractivity contribution in [2.45, 2.75) is 24.4 Å². The van der Waals surface area contributed by atoms with Crippen molar-refractivity contribution in [1.82, 2.24) is 10.2 Å². The Bertz CT molecular complexity index is 832. The van der Waals surface area contributed by atoms with Gasteiger partial charge in [0.05, 0.1) is 5.54 Å². The average Bonchev–Trinajstić information content (AvgIpc) is 2.79. The van der Waals surface area contributed by atoms with Gasteiger partial charge in [-0.1, -0.05) is 91.0 Å². The van der Waals surface area contributed by atoms with Gasteiger partial charge in [0, 0.05) is 19.1 Å². The molecular weight excluding hydrogens is 360 g/mol. The fourth-order valence-corrected chi connectivity index (χ4v) is 4.39. The summed E-state index contributed by atoms with van der Waals surface area (Å²) < 4.78 is 0. The molecule has 1 atom stereocenters. The van der Waals surface area contributed by atoms with Gasteiger partial charge in [0.1, 0.15) is 0 Å². The number of nitrogens with one attached hydrogen (secondary N) is 1. The predicted octanol–water partition coefficient (Wildman–Crippen LogP) is 4.71. The third-order valence-electron chi connectivity index (χ3n) is 5.73. The molecule has 2 N–H and O–H groups in total. The zero-order valence-electron chi connectivity index (χ0n) is 16.4. The molecule has 0 bridgehead atoms. The van der Waals surface area contributed by atoms with Crippen molar-refractivity contribution < 1.29 is 9.90 Å². The SMILES string of the molecule is O=C(O)N1CCCC(NC(c2ccccc2)(c2ccccc2)c2ccccc2)C1. The van der Waals surface area contributed by atoms with E-state index in [4.69, 9.17) is 0 Å². The largest absolute Gasteiger partial charge is 0.465 e. The molecule has 1 unspecified atom stereocenters. The highest BCUT2D eigenvalue weighted by Crippen LogP contribution is 2.37. The van der Waals surface area contributed by atoms with Crippen LogP contribution in [0.2, 0.25) is 0 Å². The van der Waals surface area contributed by atoms with E-state index in [-0.39, 0.29) is 6.04 Å². The number of benzene rings is 3. The van der Waals surface area contributed by atoms with Crippen LogP contribution in [0.15, 0.2) is 91.0 Å². The molecule has 3 aromatic carbocycles. The van der Waals surface area contributed by atoms with Crippen LogP contribution < -0.4 is 5.32 Å². The van der Waals surface area contributed by atoms with Crippen molar-refractivity contribution in [2.75, 3.05) is 13.1 Å². The number of hydrogen-bond donors (Lipinski definition) is 2. The standard InChI is InChI=1S/C25H26N2O2/c28-24(29)27-18-10-17-23(19-27)26-25(20-11-4-1-5-12-20,21-13-6-2-7-14-21)22-15-8-3-9-16-22/h1-9,11-16,23,26H,10,17-19H2,(H,28,29). The normalized spacial score (nSPS) is 17.1. The number of rotatable bonds is 5. The summed E-state index contributed by atoms with van der Waals surface area (Å²) in [6.07, 6.45) is 0.956. The second-order valence-electron chi connectivity index (χ2n) is 7.56. The predicted molar refractivity (Wildman–Crippen MR) is 115 cm³/mol. The highest BCUT2D eigenvalue weighted by Gasteiger charge is 2.39. The first-order valence-corrected chi connectivity index (χ1v) is 10.1. The first-order valence-electron chi connectivity index (χ1n) is 10.1. The van der Waals surface area contributed by atoms with E-state index >= 15 is 0 Å². The molecule has 0 aliphatic carbocycles. The molecule has 0 aromatic heterocycles. The van der Waals surface area contributed by atoms with Crippen LogP contribution in [0.1, 0.15) is 29.5 Å². The molecule has 0 spiro atoms. The Kier molecular flexibility index (Phi) is 5.63. The van der Waals surface area contributed by atoms with Gasteiger partial charge in [-0.25, -0.2) is 4.79 Å². The molecule has 1 saturated heterocycles. The van der Waals surface area contributed by atoms with Crippen molar-refractivity contribution in [3.63, 3.8) is 0 Å². The minimum absolute atomic E-state index is 0.0560. The molecule has 3 aromatic rings. The molecular formula is C25H26N2O2. The number of carboxylic acid groups (broad SMARTS) is 1. The lowest BCUT2D eigenvalue weighted by molar-refractivity contribution is 0.122. The van der Waals surface area contributed by atoms with Crippen molar-refractivity contribution in [1.29, 1.82) is 0 Å². The Labute approximate surface area is 171 Å². The van der Waals surface area contributed by atoms with Crippen LogP contribution in [0.5, 0.6) is 0 Å². The second-order valence-corrected chi connectivity index (χ2v) is 7.56. The topological polar surface area (TPSA) is 52.6 Å². The summed E-state index contributed by atoms with van der Waals surface area (Å²) in [5, 5.41) is 13.4. The van der Waals surface area contributed by atoms with Crippen molar-refractivity contribution in [3.8, 4) is 0 Å². The second kappa shape index (κ2) is 8.50. The van der Waals surface area contributed by atoms with Gasteiger partial charge >= 0.3 is 6.09 Å². The zero-order chi connectivity index (χ0) is 20.1. The fraction of sp³-hybridized carbons (Fsp3) is 0.240. The first kappa shape index (κ1) is 19.2. The lowest BCUT2D eigenvalue weighted by Crippen LogP contribution is -2.55. The number of amides is 1. The molecule has 0 saturated carbocycles. The maximum atomic E-state index is 11.6. The molecule has 1 heterocycles. The van der Waals surface area contributed by atoms with E-state index in [1.54, 1.807) is 0 Å². The van der Waals surface area contributed by atoms with Crippen LogP contribution in [-0.2, 0) is 5.54 Å². The lowest BCUT2D eigenvalue weighted by atomic mass is 9.76. The summed E-state index contributed by atoms with van der Waals surface area (Å²) in [5.74, 6) is 0. The van der Waals surface area contributed by atoms with Gasteiger partial charge in [-0.3, -0.25) is 5.32 Å². The fourth-order valence-electron chi connectivity index (χ4n) is 4.39. The summed E-state index contributed by atoms with van der Waals surface area (Å²) in [5.41, 5.74) is 2.87. The molecule has 4 rings (SSSR count). The van der Waals surface area contributed by atoms with Gasteiger partial charge < -0.3 is 10.0 Å². The maximum absolute atomic E-state index is 11.6. The van der Waals surface area contributed by atoms with Gasteiger partial charge in [-0.15, -0.1) is 0 Å². The van der Waals surface area contributed by atoms with Crippen LogP contribution in [0, 0.1) is 0 Å². The Morgan fingerprint density at radius 1 is 0.828 bits per heavy atom. The first-order chi connectivity index (χ1) is 14.2. The van der Waals surface area contributed by atoms with Gasteiger partial charge in [0.15, 0.2) is 0 Å². The van der Waals surface area contributed by atoms with Gasteiger partial charge in [0.2, 0.25) is 0 Å². The number of carbonyl (C=O) groups is 1. The molecule has 1 aliphatic rings. The number of nitrogens with zero attached hydrogens (tertiary/aromatic N) is 1. The number of likely N-dealkylation sites (tertiary alicyclic amines) is 1. The van der Waals surface area contributed by atoms with E-state index < -0.39 is 11.6 Å². The van der Waals surface area contributed by atoms with E-state index in [2.05, 4.69) is 78.1 Å². The third-order valence-corrected chi connectivity index (χ3v) is 5.73. The molecule has 1 amide bonds. The highest BCUT2D eigenvalue weighted by molar-refractivity contribution is 5.65. The summed E-state index contributed by atoms with van der Waals surface area (Å²) in [6, 6.07) is 31.3. The van der Waals surface area contributed by atoms with E-state index in [1.807, 2.05) is 18.2 Å². The molecule has 1 aliphatic heterocycles. The Morgan fingerprint density at radius 3 is 1.69 bits per heavy atom. The molecule has 4 nitrogen and oxygen atoms in total. The number of hydrogen-bond acceptors (Lipinski definition) is 2. The van der Waals surface area contributed by atoms with Crippen molar-refractivity contribution >= 4 is 6.09 Å². The summed E-state index contributed by atoms with van der Waals surface area (Å²) in [6.45, 7) is 1.09. The molecule has 29 heavy (non-hydrogen) atoms. The zero-order valence-corrected chi connectivity index (χ0v) is 16.4. The lowest BCUT2D eigenvalue weighted by Gasteiger charge is -2.42. The van der Waals surface area contributed by atoms with Gasteiger partial charge in [-0.2, -0.15) is 0 Å². The maximum Gasteiger partial charge on any atom is 0.407 e. The van der Waals surface area contributed by atoms with Crippen molar-refractivity contribution in [3.05, 3.63) is 108 Å². The molecule has 148 valence electrons. The third kappa shape index (κ3) is 3.89. The Balaban J connectivity index is 1.85. The van der Waals surface area contributed by atoms with Crippen LogP contribution >= 0.6 is 0 Å². The monoisotopic (exact) mass is 386 g/mol. The summed E-state index contributed by atoms with van der Waals surface area (Å²) in [4.78, 5) is 13.1. The minimum Gasteiger partial charge on any atom is -0.465 e. The molecule has 0 radical (unpaired) electrons. The molecule has 1 fully saturated rings. The van der Waals surface area contributed by atoms with Crippen molar-refractivity contribution in [2.24, 2.45) is 0 Å². The average molecular weight is 386 g/mol. The summed E-state index contributed by atoms with van der Waals surface area (Å²) in [7, 11) is 0. The van der Waals surface area contributed by atoms with E-state index in [9.17, 15) is 9.90 Å². The van der Waals surface area contributed by atoms with Crippen LogP contribution in [-0.4, -0.2) is 35.2 Å². The number of piperidine rings is 1.